The van der Waals surface area contributed by atoms with E-state index in [2.05, 4.69) is 4.90 Å². The van der Waals surface area contributed by atoms with Gasteiger partial charge in [0.1, 0.15) is 0 Å². The minimum atomic E-state index is -4.38. The summed E-state index contributed by atoms with van der Waals surface area (Å²) in [6.45, 7) is 2.06. The van der Waals surface area contributed by atoms with Gasteiger partial charge in [-0.3, -0.25) is 9.69 Å². The van der Waals surface area contributed by atoms with Gasteiger partial charge in [-0.1, -0.05) is 37.8 Å². The zero-order valence-electron chi connectivity index (χ0n) is 19.8. The van der Waals surface area contributed by atoms with E-state index >= 15 is 0 Å². The number of carbonyl (C=O) groups is 1. The summed E-state index contributed by atoms with van der Waals surface area (Å²) in [5.41, 5.74) is 0.759. The van der Waals surface area contributed by atoms with E-state index in [9.17, 15) is 23.1 Å². The largest absolute Gasteiger partial charge is 0.481 e. The Kier molecular flexibility index (Phi) is 6.47. The number of alkyl halides is 3. The van der Waals surface area contributed by atoms with Gasteiger partial charge in [-0.25, -0.2) is 0 Å². The van der Waals surface area contributed by atoms with E-state index in [1.165, 1.54) is 69.9 Å². The molecule has 4 nitrogen and oxygen atoms in total. The number of likely N-dealkylation sites (tertiary alicyclic amines) is 1. The first kappa shape index (κ1) is 24.1. The normalized spacial score (nSPS) is 31.3. The zero-order valence-corrected chi connectivity index (χ0v) is 19.8. The highest BCUT2D eigenvalue weighted by Crippen LogP contribution is 2.57. The fraction of sp³-hybridized carbons (Fsp3) is 0.741. The molecule has 4 fully saturated rings. The molecule has 4 aliphatic rings. The van der Waals surface area contributed by atoms with Gasteiger partial charge >= 0.3 is 12.1 Å². The third-order valence-electron chi connectivity index (χ3n) is 9.07. The second-order valence-electron chi connectivity index (χ2n) is 11.5. The number of rotatable bonds is 4. The summed E-state index contributed by atoms with van der Waals surface area (Å²) in [4.78, 5) is 14.0. The van der Waals surface area contributed by atoms with Crippen LogP contribution in [0.25, 0.3) is 0 Å². The molecule has 2 spiro atoms. The summed E-state index contributed by atoms with van der Waals surface area (Å²) in [6.07, 6.45) is 7.75. The highest BCUT2D eigenvalue weighted by Gasteiger charge is 2.52. The van der Waals surface area contributed by atoms with Crippen molar-refractivity contribution in [2.45, 2.75) is 101 Å². The minimum Gasteiger partial charge on any atom is -0.481 e. The summed E-state index contributed by atoms with van der Waals surface area (Å²) in [5, 5.41) is 9.33. The zero-order chi connectivity index (χ0) is 24.0. The van der Waals surface area contributed by atoms with Crippen molar-refractivity contribution in [1.82, 2.24) is 4.90 Å². The molecule has 2 aliphatic carbocycles. The molecule has 7 heteroatoms. The quantitative estimate of drug-likeness (QED) is 0.529. The van der Waals surface area contributed by atoms with Gasteiger partial charge in [-0.2, -0.15) is 13.2 Å². The standard InChI is InChI=1S/C27H36F3NO3/c28-27(29,30)20-7-5-19(6-8-20)24-22(10-9-21(34-24)15-23(32)33)31-17-25(11-1-2-12-25)16-26(18-31)13-3-4-14-26/h5-8,21-22,24H,1-4,9-18H2,(H,32,33). The predicted octanol–water partition coefficient (Wildman–Crippen LogP) is 6.60. The van der Waals surface area contributed by atoms with Crippen LogP contribution in [0.5, 0.6) is 0 Å². The van der Waals surface area contributed by atoms with Crippen LogP contribution in [0.3, 0.4) is 0 Å². The molecule has 2 saturated carbocycles. The minimum absolute atomic E-state index is 0.0667. The molecular formula is C27H36F3NO3. The van der Waals surface area contributed by atoms with Crippen molar-refractivity contribution in [1.29, 1.82) is 0 Å². The van der Waals surface area contributed by atoms with Crippen LogP contribution in [0.4, 0.5) is 13.2 Å². The van der Waals surface area contributed by atoms with Gasteiger partial charge in [-0.15, -0.1) is 0 Å². The molecule has 5 rings (SSSR count). The van der Waals surface area contributed by atoms with Crippen LogP contribution in [0.15, 0.2) is 24.3 Å². The van der Waals surface area contributed by atoms with Crippen LogP contribution in [-0.2, 0) is 15.7 Å². The smallest absolute Gasteiger partial charge is 0.416 e. The molecule has 2 heterocycles. The first-order chi connectivity index (χ1) is 16.2. The summed E-state index contributed by atoms with van der Waals surface area (Å²) in [7, 11) is 0. The average Bonchev–Trinajstić information content (AvgIpc) is 3.42. The maximum Gasteiger partial charge on any atom is 0.416 e. The maximum atomic E-state index is 13.2. The van der Waals surface area contributed by atoms with Gasteiger partial charge in [0, 0.05) is 19.1 Å². The SMILES string of the molecule is O=C(O)CC1CCC(N2CC3(CCCC3)CC3(CCCC3)C2)C(c2ccc(C(F)(F)F)cc2)O1. The molecule has 0 bridgehead atoms. The van der Waals surface area contributed by atoms with Crippen molar-refractivity contribution in [3.63, 3.8) is 0 Å². The van der Waals surface area contributed by atoms with Crippen LogP contribution < -0.4 is 0 Å². The number of benzene rings is 1. The van der Waals surface area contributed by atoms with E-state index in [1.807, 2.05) is 0 Å². The van der Waals surface area contributed by atoms with Crippen LogP contribution >= 0.6 is 0 Å². The Bertz CT molecular complexity index is 848. The summed E-state index contributed by atoms with van der Waals surface area (Å²) in [5.74, 6) is -0.901. The van der Waals surface area contributed by atoms with E-state index in [1.54, 1.807) is 0 Å². The first-order valence-electron chi connectivity index (χ1n) is 13.0. The van der Waals surface area contributed by atoms with Gasteiger partial charge in [0.25, 0.3) is 0 Å². The number of piperidine rings is 1. The molecule has 0 radical (unpaired) electrons. The molecule has 2 saturated heterocycles. The van der Waals surface area contributed by atoms with Crippen LogP contribution in [0, 0.1) is 10.8 Å². The number of nitrogens with zero attached hydrogens (tertiary/aromatic N) is 1. The monoisotopic (exact) mass is 479 g/mol. The Hall–Kier alpha value is -1.60. The lowest BCUT2D eigenvalue weighted by Crippen LogP contribution is -2.57. The molecule has 34 heavy (non-hydrogen) atoms. The fourth-order valence-electron chi connectivity index (χ4n) is 7.73. The third kappa shape index (κ3) is 4.88. The van der Waals surface area contributed by atoms with Gasteiger partial charge in [0.15, 0.2) is 0 Å². The van der Waals surface area contributed by atoms with Gasteiger partial charge < -0.3 is 9.84 Å². The van der Waals surface area contributed by atoms with Crippen LogP contribution in [-0.4, -0.2) is 41.2 Å². The lowest BCUT2D eigenvalue weighted by molar-refractivity contribution is -0.152. The molecule has 0 amide bonds. The molecule has 3 unspecified atom stereocenters. The molecule has 0 aromatic heterocycles. The number of ether oxygens (including phenoxy) is 1. The van der Waals surface area contributed by atoms with Crippen LogP contribution in [0.1, 0.15) is 94.3 Å². The Balaban J connectivity index is 1.44. The van der Waals surface area contributed by atoms with Crippen molar-refractivity contribution < 1.29 is 27.8 Å². The summed E-state index contributed by atoms with van der Waals surface area (Å²) >= 11 is 0. The molecule has 1 N–H and O–H groups in total. The van der Waals surface area contributed by atoms with E-state index in [0.717, 1.165) is 37.2 Å². The van der Waals surface area contributed by atoms with Crippen molar-refractivity contribution >= 4 is 5.97 Å². The van der Waals surface area contributed by atoms with E-state index in [-0.39, 0.29) is 12.5 Å². The molecule has 2 aliphatic heterocycles. The highest BCUT2D eigenvalue weighted by atomic mass is 19.4. The summed E-state index contributed by atoms with van der Waals surface area (Å²) in [6, 6.07) is 5.39. The van der Waals surface area contributed by atoms with E-state index in [4.69, 9.17) is 4.74 Å². The lowest BCUT2D eigenvalue weighted by atomic mass is 9.65. The number of carboxylic acid groups (broad SMARTS) is 1. The second-order valence-corrected chi connectivity index (χ2v) is 11.5. The highest BCUT2D eigenvalue weighted by molar-refractivity contribution is 5.67. The fourth-order valence-corrected chi connectivity index (χ4v) is 7.73. The predicted molar refractivity (Wildman–Crippen MR) is 122 cm³/mol. The van der Waals surface area contributed by atoms with Crippen molar-refractivity contribution in [3.8, 4) is 0 Å². The van der Waals surface area contributed by atoms with E-state index in [0.29, 0.717) is 17.3 Å². The maximum absolute atomic E-state index is 13.2. The molecule has 1 aromatic rings. The first-order valence-corrected chi connectivity index (χ1v) is 13.0. The van der Waals surface area contributed by atoms with E-state index < -0.39 is 29.9 Å². The van der Waals surface area contributed by atoms with Crippen LogP contribution in [0.2, 0.25) is 0 Å². The number of carboxylic acids is 1. The molecule has 3 atom stereocenters. The Morgan fingerprint density at radius 1 is 0.971 bits per heavy atom. The Morgan fingerprint density at radius 3 is 2.03 bits per heavy atom. The van der Waals surface area contributed by atoms with Gasteiger partial charge in [-0.05, 0) is 73.5 Å². The average molecular weight is 480 g/mol. The van der Waals surface area contributed by atoms with Crippen molar-refractivity contribution in [2.75, 3.05) is 13.1 Å². The topological polar surface area (TPSA) is 49.8 Å². The third-order valence-corrected chi connectivity index (χ3v) is 9.07. The van der Waals surface area contributed by atoms with Gasteiger partial charge in [0.05, 0.1) is 24.2 Å². The summed E-state index contributed by atoms with van der Waals surface area (Å²) < 4.78 is 45.9. The number of hydrogen-bond acceptors (Lipinski definition) is 3. The Labute approximate surface area is 199 Å². The Morgan fingerprint density at radius 2 is 1.53 bits per heavy atom. The molecular weight excluding hydrogens is 443 g/mol. The molecule has 188 valence electrons. The number of aliphatic carboxylic acids is 1. The lowest BCUT2D eigenvalue weighted by Gasteiger charge is -2.54. The number of hydrogen-bond donors (Lipinski definition) is 1. The van der Waals surface area contributed by atoms with Crippen molar-refractivity contribution in [2.24, 2.45) is 10.8 Å². The van der Waals surface area contributed by atoms with Gasteiger partial charge in [0.2, 0.25) is 0 Å². The second kappa shape index (κ2) is 9.12. The molecule has 1 aromatic carbocycles. The van der Waals surface area contributed by atoms with Crippen molar-refractivity contribution in [3.05, 3.63) is 35.4 Å². The number of halogens is 3.